The fraction of sp³-hybridized carbons (Fsp3) is 0.333. The summed E-state index contributed by atoms with van der Waals surface area (Å²) in [5.74, 6) is 1.52. The first-order valence-electron chi connectivity index (χ1n) is 8.35. The van der Waals surface area contributed by atoms with E-state index in [2.05, 4.69) is 15.3 Å². The second-order valence-electron chi connectivity index (χ2n) is 5.55. The molecule has 27 heavy (non-hydrogen) atoms. The van der Waals surface area contributed by atoms with Crippen LogP contribution in [0.4, 0.5) is 0 Å². The molecular formula is C18H20N4O4S. The summed E-state index contributed by atoms with van der Waals surface area (Å²) in [7, 11) is 3.16. The van der Waals surface area contributed by atoms with E-state index >= 15 is 0 Å². The lowest BCUT2D eigenvalue weighted by Crippen LogP contribution is -2.17. The largest absolute Gasteiger partial charge is 0.493 e. The average molecular weight is 388 g/mol. The van der Waals surface area contributed by atoms with Gasteiger partial charge in [-0.05, 0) is 44.2 Å². The molecule has 0 saturated carbocycles. The van der Waals surface area contributed by atoms with Crippen molar-refractivity contribution < 1.29 is 19.0 Å². The summed E-state index contributed by atoms with van der Waals surface area (Å²) in [6.45, 7) is 3.92. The molecular weight excluding hydrogens is 368 g/mol. The number of methoxy groups -OCH3 is 2. The second-order valence-corrected chi connectivity index (χ2v) is 6.91. The monoisotopic (exact) mass is 388 g/mol. The van der Waals surface area contributed by atoms with Gasteiger partial charge in [-0.25, -0.2) is 0 Å². The number of carbonyl (C=O) groups excluding carboxylic acids is 1. The zero-order chi connectivity index (χ0) is 19.4. The molecule has 0 fully saturated rings. The van der Waals surface area contributed by atoms with Crippen LogP contribution in [0.5, 0.6) is 11.5 Å². The van der Waals surface area contributed by atoms with Crippen molar-refractivity contribution in [3.63, 3.8) is 0 Å². The maximum Gasteiger partial charge on any atom is 0.319 e. The highest BCUT2D eigenvalue weighted by Crippen LogP contribution is 2.32. The minimum Gasteiger partial charge on any atom is -0.493 e. The number of hydrogen-bond acceptors (Lipinski definition) is 8. The summed E-state index contributed by atoms with van der Waals surface area (Å²) in [4.78, 5) is 11.9. The van der Waals surface area contributed by atoms with E-state index in [0.29, 0.717) is 34.6 Å². The molecule has 0 amide bonds. The fourth-order valence-corrected chi connectivity index (χ4v) is 3.28. The van der Waals surface area contributed by atoms with Crippen LogP contribution in [0.3, 0.4) is 0 Å². The van der Waals surface area contributed by atoms with E-state index in [9.17, 15) is 4.79 Å². The quantitative estimate of drug-likeness (QED) is 0.451. The van der Waals surface area contributed by atoms with Gasteiger partial charge >= 0.3 is 5.97 Å². The van der Waals surface area contributed by atoms with Crippen LogP contribution in [0.2, 0.25) is 0 Å². The fourth-order valence-electron chi connectivity index (χ4n) is 2.48. The number of carbonyl (C=O) groups is 1. The highest BCUT2D eigenvalue weighted by atomic mass is 32.2. The van der Waals surface area contributed by atoms with Gasteiger partial charge in [0, 0.05) is 5.56 Å². The molecule has 0 saturated heterocycles. The number of ether oxygens (including phenoxy) is 3. The van der Waals surface area contributed by atoms with E-state index in [-0.39, 0.29) is 11.2 Å². The van der Waals surface area contributed by atoms with Crippen molar-refractivity contribution in [2.24, 2.45) is 0 Å². The van der Waals surface area contributed by atoms with Crippen molar-refractivity contribution >= 4 is 23.4 Å². The van der Waals surface area contributed by atoms with Gasteiger partial charge in [-0.2, -0.15) is 9.61 Å². The molecule has 0 N–H and O–H groups in total. The Morgan fingerprint density at radius 1 is 1.15 bits per heavy atom. The van der Waals surface area contributed by atoms with Crippen molar-refractivity contribution in [3.8, 4) is 22.9 Å². The Kier molecular flexibility index (Phi) is 5.80. The number of fused-ring (bicyclic) bond motifs is 1. The number of aromatic nitrogens is 4. The van der Waals surface area contributed by atoms with Gasteiger partial charge in [-0.1, -0.05) is 11.8 Å². The van der Waals surface area contributed by atoms with Crippen LogP contribution >= 0.6 is 11.8 Å². The Hall–Kier alpha value is -2.81. The Bertz CT molecular complexity index is 960. The molecule has 0 bridgehead atoms. The Morgan fingerprint density at radius 2 is 1.93 bits per heavy atom. The highest BCUT2D eigenvalue weighted by Gasteiger charge is 2.18. The van der Waals surface area contributed by atoms with Crippen molar-refractivity contribution in [3.05, 3.63) is 30.3 Å². The minimum absolute atomic E-state index is 0.270. The van der Waals surface area contributed by atoms with Crippen LogP contribution in [0.15, 0.2) is 35.4 Å². The molecule has 0 radical (unpaired) electrons. The molecule has 0 aliphatic heterocycles. The van der Waals surface area contributed by atoms with Gasteiger partial charge < -0.3 is 14.2 Å². The molecule has 3 rings (SSSR count). The average Bonchev–Trinajstić information content (AvgIpc) is 3.10. The lowest BCUT2D eigenvalue weighted by Gasteiger charge is -2.10. The van der Waals surface area contributed by atoms with E-state index in [4.69, 9.17) is 14.2 Å². The number of thioether (sulfide) groups is 1. The van der Waals surface area contributed by atoms with E-state index in [0.717, 1.165) is 5.56 Å². The third-order valence-electron chi connectivity index (χ3n) is 3.80. The Labute approximate surface area is 160 Å². The second kappa shape index (κ2) is 8.26. The van der Waals surface area contributed by atoms with Gasteiger partial charge in [-0.3, -0.25) is 4.79 Å². The van der Waals surface area contributed by atoms with Crippen LogP contribution in [0.25, 0.3) is 17.0 Å². The zero-order valence-corrected chi connectivity index (χ0v) is 16.3. The maximum absolute atomic E-state index is 11.9. The molecule has 3 aromatic rings. The molecule has 0 aliphatic rings. The molecule has 8 nitrogen and oxygen atoms in total. The maximum atomic E-state index is 11.9. The Morgan fingerprint density at radius 3 is 2.63 bits per heavy atom. The normalized spacial score (nSPS) is 12.0. The van der Waals surface area contributed by atoms with Gasteiger partial charge in [-0.15, -0.1) is 10.2 Å². The first-order valence-corrected chi connectivity index (χ1v) is 9.23. The van der Waals surface area contributed by atoms with Crippen LogP contribution in [-0.4, -0.2) is 51.9 Å². The molecule has 0 unspecified atom stereocenters. The van der Waals surface area contributed by atoms with Gasteiger partial charge in [0.1, 0.15) is 10.3 Å². The first-order chi connectivity index (χ1) is 13.1. The van der Waals surface area contributed by atoms with E-state index in [1.54, 1.807) is 38.6 Å². The van der Waals surface area contributed by atoms with Crippen LogP contribution < -0.4 is 9.47 Å². The summed E-state index contributed by atoms with van der Waals surface area (Å²) >= 11 is 1.32. The van der Waals surface area contributed by atoms with Crippen LogP contribution in [0.1, 0.15) is 13.8 Å². The number of rotatable bonds is 7. The molecule has 142 valence electrons. The third kappa shape index (κ3) is 3.97. The topological polar surface area (TPSA) is 87.8 Å². The van der Waals surface area contributed by atoms with E-state index < -0.39 is 0 Å². The SMILES string of the molecule is CCOC(=O)[C@H](C)Sc1ccc2nnc(-c3ccc(OC)c(OC)c3)n2n1. The number of nitrogens with zero attached hydrogens (tertiary/aromatic N) is 4. The Balaban J connectivity index is 1.95. The predicted octanol–water partition coefficient (Wildman–Crippen LogP) is 2.85. The molecule has 0 spiro atoms. The number of esters is 1. The van der Waals surface area contributed by atoms with Gasteiger partial charge in [0.05, 0.1) is 20.8 Å². The van der Waals surface area contributed by atoms with Gasteiger partial charge in [0.2, 0.25) is 0 Å². The standard InChI is InChI=1S/C18H20N4O4S/c1-5-26-18(23)11(2)27-16-9-8-15-19-20-17(22(15)21-16)12-6-7-13(24-3)14(10-12)25-4/h6-11H,5H2,1-4H3/t11-/m0/s1. The van der Waals surface area contributed by atoms with Crippen LogP contribution in [-0.2, 0) is 9.53 Å². The molecule has 2 aromatic heterocycles. The lowest BCUT2D eigenvalue weighted by molar-refractivity contribution is -0.142. The summed E-state index contributed by atoms with van der Waals surface area (Å²) in [6, 6.07) is 9.10. The summed E-state index contributed by atoms with van der Waals surface area (Å²) in [6.07, 6.45) is 0. The van der Waals surface area contributed by atoms with E-state index in [1.165, 1.54) is 11.8 Å². The van der Waals surface area contributed by atoms with Crippen molar-refractivity contribution in [2.75, 3.05) is 20.8 Å². The summed E-state index contributed by atoms with van der Waals surface area (Å²) in [5.41, 5.74) is 1.39. The minimum atomic E-state index is -0.365. The first kappa shape index (κ1) is 19.0. The lowest BCUT2D eigenvalue weighted by atomic mass is 10.2. The third-order valence-corrected chi connectivity index (χ3v) is 4.80. The predicted molar refractivity (Wildman–Crippen MR) is 101 cm³/mol. The number of hydrogen-bond donors (Lipinski definition) is 0. The van der Waals surface area contributed by atoms with Crippen LogP contribution in [0, 0.1) is 0 Å². The van der Waals surface area contributed by atoms with Crippen molar-refractivity contribution in [1.29, 1.82) is 0 Å². The van der Waals surface area contributed by atoms with Gasteiger partial charge in [0.25, 0.3) is 0 Å². The summed E-state index contributed by atoms with van der Waals surface area (Å²) < 4.78 is 17.3. The molecule has 9 heteroatoms. The molecule has 0 aliphatic carbocycles. The van der Waals surface area contributed by atoms with Gasteiger partial charge in [0.15, 0.2) is 23.0 Å². The molecule has 1 aromatic carbocycles. The summed E-state index contributed by atoms with van der Waals surface area (Å²) in [5, 5.41) is 13.3. The highest BCUT2D eigenvalue weighted by molar-refractivity contribution is 8.00. The molecule has 2 heterocycles. The zero-order valence-electron chi connectivity index (χ0n) is 15.5. The molecule has 1 atom stereocenters. The van der Waals surface area contributed by atoms with Crippen molar-refractivity contribution in [1.82, 2.24) is 19.8 Å². The number of benzene rings is 1. The van der Waals surface area contributed by atoms with E-state index in [1.807, 2.05) is 24.3 Å². The van der Waals surface area contributed by atoms with Crippen molar-refractivity contribution in [2.45, 2.75) is 24.1 Å². The smallest absolute Gasteiger partial charge is 0.319 e.